The molecular weight excluding hydrogens is 460 g/mol. The fraction of sp³-hybridized carbons (Fsp3) is 0.250. The van der Waals surface area contributed by atoms with Crippen molar-refractivity contribution >= 4 is 35.1 Å². The number of hydrogen-bond donors (Lipinski definition) is 1. The van der Waals surface area contributed by atoms with Gasteiger partial charge in [0, 0.05) is 12.2 Å². The van der Waals surface area contributed by atoms with Crippen molar-refractivity contribution in [1.29, 1.82) is 0 Å². The normalized spacial score (nSPS) is 17.2. The van der Waals surface area contributed by atoms with Gasteiger partial charge in [0.05, 0.1) is 32.1 Å². The Morgan fingerprint density at radius 1 is 1.18 bits per heavy atom. The second-order valence-electron chi connectivity index (χ2n) is 7.96. The summed E-state index contributed by atoms with van der Waals surface area (Å²) in [6, 6.07) is 14.2. The summed E-state index contributed by atoms with van der Waals surface area (Å²) in [6.07, 6.45) is 1.36. The van der Waals surface area contributed by atoms with E-state index in [1.807, 2.05) is 30.3 Å². The highest BCUT2D eigenvalue weighted by Gasteiger charge is 2.49. The lowest BCUT2D eigenvalue weighted by Gasteiger charge is -2.43. The number of anilines is 1. The fourth-order valence-electron chi connectivity index (χ4n) is 4.04. The van der Waals surface area contributed by atoms with Crippen LogP contribution in [0.2, 0.25) is 5.02 Å². The molecule has 2 amide bonds. The zero-order valence-corrected chi connectivity index (χ0v) is 19.6. The quantitative estimate of drug-likeness (QED) is 0.542. The number of hydrogen-bond acceptors (Lipinski definition) is 6. The summed E-state index contributed by atoms with van der Waals surface area (Å²) in [7, 11) is 2.69. The van der Waals surface area contributed by atoms with Crippen molar-refractivity contribution in [3.05, 3.63) is 76.8 Å². The van der Waals surface area contributed by atoms with E-state index in [1.54, 1.807) is 25.1 Å². The maximum atomic E-state index is 13.8. The maximum Gasteiger partial charge on any atom is 0.359 e. The van der Waals surface area contributed by atoms with Gasteiger partial charge in [-0.25, -0.2) is 9.78 Å². The van der Waals surface area contributed by atoms with E-state index in [0.717, 1.165) is 5.56 Å². The van der Waals surface area contributed by atoms with Crippen LogP contribution >= 0.6 is 11.6 Å². The van der Waals surface area contributed by atoms with E-state index in [0.29, 0.717) is 11.4 Å². The second-order valence-corrected chi connectivity index (χ2v) is 8.37. The van der Waals surface area contributed by atoms with Gasteiger partial charge >= 0.3 is 5.97 Å². The molecule has 34 heavy (non-hydrogen) atoms. The number of imidazole rings is 1. The zero-order valence-electron chi connectivity index (χ0n) is 18.9. The highest BCUT2D eigenvalue weighted by atomic mass is 35.5. The summed E-state index contributed by atoms with van der Waals surface area (Å²) in [5.41, 5.74) is -0.158. The smallest absolute Gasteiger partial charge is 0.359 e. The number of esters is 1. The van der Waals surface area contributed by atoms with Crippen LogP contribution in [0, 0.1) is 0 Å². The molecule has 0 bridgehead atoms. The molecule has 1 aliphatic rings. The van der Waals surface area contributed by atoms with Crippen LogP contribution in [0.3, 0.4) is 0 Å². The molecule has 1 aliphatic heterocycles. The maximum absolute atomic E-state index is 13.8. The van der Waals surface area contributed by atoms with Crippen LogP contribution in [0.1, 0.15) is 33.5 Å². The Hall–Kier alpha value is -3.85. The number of nitrogens with zero attached hydrogens (tertiary/aromatic N) is 3. The van der Waals surface area contributed by atoms with Crippen molar-refractivity contribution in [3.63, 3.8) is 0 Å². The van der Waals surface area contributed by atoms with E-state index in [9.17, 15) is 14.4 Å². The molecule has 0 unspecified atom stereocenters. The van der Waals surface area contributed by atoms with Gasteiger partial charge in [-0.15, -0.1) is 0 Å². The summed E-state index contributed by atoms with van der Waals surface area (Å²) >= 11 is 6.34. The number of amides is 2. The average molecular weight is 483 g/mol. The number of carbonyl (C=O) groups excluding carboxylic acids is 3. The first-order chi connectivity index (χ1) is 16.3. The summed E-state index contributed by atoms with van der Waals surface area (Å²) < 4.78 is 11.5. The number of methoxy groups -OCH3 is 2. The molecule has 0 spiro atoms. The molecule has 0 fully saturated rings. The zero-order chi connectivity index (χ0) is 24.5. The standard InChI is InChI=1S/C24H23ClN4O5/c1-24(23(32)26-12-15-7-5-4-6-8-15)13-28-14-27-19(22(31)34-3)20(28)21(30)29(24)16-9-10-18(33-2)17(25)11-16/h4-11,14H,12-13H2,1-3H3,(H,26,32)/t24-/m1/s1. The van der Waals surface area contributed by atoms with Crippen molar-refractivity contribution in [1.82, 2.24) is 14.9 Å². The number of rotatable bonds is 6. The largest absolute Gasteiger partial charge is 0.495 e. The van der Waals surface area contributed by atoms with Gasteiger partial charge in [0.1, 0.15) is 17.0 Å². The van der Waals surface area contributed by atoms with E-state index >= 15 is 0 Å². The Bertz CT molecular complexity index is 1260. The van der Waals surface area contributed by atoms with Gasteiger partial charge in [0.15, 0.2) is 5.69 Å². The molecule has 0 saturated heterocycles. The summed E-state index contributed by atoms with van der Waals surface area (Å²) in [5.74, 6) is -1.28. The van der Waals surface area contributed by atoms with Gasteiger partial charge in [-0.2, -0.15) is 0 Å². The average Bonchev–Trinajstić information content (AvgIpc) is 3.26. The third-order valence-electron chi connectivity index (χ3n) is 5.77. The van der Waals surface area contributed by atoms with Gasteiger partial charge in [-0.3, -0.25) is 14.5 Å². The highest BCUT2D eigenvalue weighted by molar-refractivity contribution is 6.32. The van der Waals surface area contributed by atoms with Crippen LogP contribution in [0.25, 0.3) is 0 Å². The minimum atomic E-state index is -1.36. The van der Waals surface area contributed by atoms with Crippen molar-refractivity contribution in [2.24, 2.45) is 0 Å². The summed E-state index contributed by atoms with van der Waals surface area (Å²) in [6.45, 7) is 2.00. The number of benzene rings is 2. The van der Waals surface area contributed by atoms with Crippen LogP contribution in [0.15, 0.2) is 54.9 Å². The molecule has 0 radical (unpaired) electrons. The molecule has 1 aromatic heterocycles. The van der Waals surface area contributed by atoms with Crippen LogP contribution in [-0.2, 0) is 22.6 Å². The minimum absolute atomic E-state index is 0.0344. The number of nitrogens with one attached hydrogen (secondary N) is 1. The third-order valence-corrected chi connectivity index (χ3v) is 6.07. The predicted molar refractivity (Wildman–Crippen MR) is 125 cm³/mol. The monoisotopic (exact) mass is 482 g/mol. The molecule has 1 N–H and O–H groups in total. The number of fused-ring (bicyclic) bond motifs is 1. The first-order valence-corrected chi connectivity index (χ1v) is 10.8. The summed E-state index contributed by atoms with van der Waals surface area (Å²) in [4.78, 5) is 45.0. The van der Waals surface area contributed by atoms with E-state index in [-0.39, 0.29) is 35.4 Å². The number of carbonyl (C=O) groups is 3. The molecule has 2 heterocycles. The van der Waals surface area contributed by atoms with Crippen molar-refractivity contribution in [3.8, 4) is 5.75 Å². The van der Waals surface area contributed by atoms with Crippen LogP contribution in [-0.4, -0.2) is 47.1 Å². The number of ether oxygens (including phenoxy) is 2. The molecule has 0 aliphatic carbocycles. The van der Waals surface area contributed by atoms with Gasteiger partial charge in [0.25, 0.3) is 5.91 Å². The molecular formula is C24H23ClN4O5. The molecule has 9 nitrogen and oxygen atoms in total. The Morgan fingerprint density at radius 3 is 2.56 bits per heavy atom. The minimum Gasteiger partial charge on any atom is -0.495 e. The molecule has 4 rings (SSSR count). The van der Waals surface area contributed by atoms with Crippen LogP contribution in [0.4, 0.5) is 5.69 Å². The van der Waals surface area contributed by atoms with E-state index in [2.05, 4.69) is 10.3 Å². The first kappa shape index (κ1) is 23.3. The summed E-state index contributed by atoms with van der Waals surface area (Å²) in [5, 5.41) is 3.19. The van der Waals surface area contributed by atoms with Crippen molar-refractivity contribution < 1.29 is 23.9 Å². The van der Waals surface area contributed by atoms with E-state index in [1.165, 1.54) is 30.0 Å². The van der Waals surface area contributed by atoms with Gasteiger partial charge < -0.3 is 19.4 Å². The van der Waals surface area contributed by atoms with E-state index < -0.39 is 17.4 Å². The molecule has 1 atom stereocenters. The molecule has 0 saturated carbocycles. The highest BCUT2D eigenvalue weighted by Crippen LogP contribution is 2.37. The van der Waals surface area contributed by atoms with Gasteiger partial charge in [-0.05, 0) is 30.7 Å². The van der Waals surface area contributed by atoms with Crippen molar-refractivity contribution in [2.45, 2.75) is 25.6 Å². The topological polar surface area (TPSA) is 103 Å². The number of aromatic nitrogens is 2. The second kappa shape index (κ2) is 9.18. The fourth-order valence-corrected chi connectivity index (χ4v) is 4.30. The third kappa shape index (κ3) is 3.99. The molecule has 10 heteroatoms. The Labute approximate surface area is 201 Å². The lowest BCUT2D eigenvalue weighted by atomic mass is 9.93. The molecule has 3 aromatic rings. The molecule has 2 aromatic carbocycles. The van der Waals surface area contributed by atoms with E-state index in [4.69, 9.17) is 21.1 Å². The lowest BCUT2D eigenvalue weighted by molar-refractivity contribution is -0.126. The number of halogens is 1. The van der Waals surface area contributed by atoms with Crippen LogP contribution in [0.5, 0.6) is 5.75 Å². The van der Waals surface area contributed by atoms with Gasteiger partial charge in [0.2, 0.25) is 5.91 Å². The van der Waals surface area contributed by atoms with Crippen LogP contribution < -0.4 is 15.0 Å². The Morgan fingerprint density at radius 2 is 1.91 bits per heavy atom. The molecule has 176 valence electrons. The lowest BCUT2D eigenvalue weighted by Crippen LogP contribution is -2.64. The predicted octanol–water partition coefficient (Wildman–Crippen LogP) is 3.07. The Balaban J connectivity index is 1.78. The van der Waals surface area contributed by atoms with Crippen molar-refractivity contribution in [2.75, 3.05) is 19.1 Å². The SMILES string of the molecule is COC(=O)c1ncn2c1C(=O)N(c1ccc(OC)c(Cl)c1)[C@@](C)(C(=O)NCc1ccccc1)C2. The van der Waals surface area contributed by atoms with Gasteiger partial charge in [-0.1, -0.05) is 41.9 Å². The first-order valence-electron chi connectivity index (χ1n) is 10.4. The Kier molecular flexibility index (Phi) is 6.30.